The maximum absolute atomic E-state index is 12.0. The average molecular weight is 264 g/mol. The molecule has 1 fully saturated rings. The molecule has 1 unspecified atom stereocenters. The van der Waals surface area contributed by atoms with Crippen molar-refractivity contribution in [3.05, 3.63) is 18.1 Å². The Hall–Kier alpha value is -1.69. The predicted molar refractivity (Wildman–Crippen MR) is 72.1 cm³/mol. The third-order valence-electron chi connectivity index (χ3n) is 3.17. The fourth-order valence-corrected chi connectivity index (χ4v) is 2.19. The molecule has 0 bridgehead atoms. The molecule has 0 radical (unpaired) electrons. The van der Waals surface area contributed by atoms with Gasteiger partial charge in [0.15, 0.2) is 0 Å². The molecule has 2 N–H and O–H groups in total. The highest BCUT2D eigenvalue weighted by Crippen LogP contribution is 2.23. The second-order valence-electron chi connectivity index (χ2n) is 5.31. The molecule has 1 aliphatic heterocycles. The molecule has 1 aromatic rings. The summed E-state index contributed by atoms with van der Waals surface area (Å²) in [5.41, 5.74) is 0.154. The molecule has 1 amide bonds. The highest BCUT2D eigenvalue weighted by atomic mass is 16.5. The molecular weight excluding hydrogens is 244 g/mol. The van der Waals surface area contributed by atoms with Crippen molar-refractivity contribution in [2.45, 2.75) is 38.3 Å². The Morgan fingerprint density at radius 1 is 1.42 bits per heavy atom. The molecular formula is C13H20N4O2. The number of amides is 1. The molecule has 1 aliphatic rings. The molecule has 1 saturated heterocycles. The van der Waals surface area contributed by atoms with Crippen LogP contribution in [0.25, 0.3) is 0 Å². The van der Waals surface area contributed by atoms with Crippen molar-refractivity contribution in [2.75, 3.05) is 19.0 Å². The summed E-state index contributed by atoms with van der Waals surface area (Å²) in [6, 6.07) is 0.127. The van der Waals surface area contributed by atoms with Crippen molar-refractivity contribution in [1.29, 1.82) is 0 Å². The van der Waals surface area contributed by atoms with Gasteiger partial charge in [0.05, 0.1) is 18.0 Å². The summed E-state index contributed by atoms with van der Waals surface area (Å²) in [6.07, 6.45) is 4.66. The zero-order valence-corrected chi connectivity index (χ0v) is 11.6. The minimum Gasteiger partial charge on any atom is -0.375 e. The maximum Gasteiger partial charge on any atom is 0.271 e. The fourth-order valence-electron chi connectivity index (χ4n) is 2.19. The highest BCUT2D eigenvalue weighted by Gasteiger charge is 2.29. The monoisotopic (exact) mass is 264 g/mol. The van der Waals surface area contributed by atoms with Crippen molar-refractivity contribution in [3.8, 4) is 0 Å². The lowest BCUT2D eigenvalue weighted by Gasteiger charge is -2.35. The van der Waals surface area contributed by atoms with Gasteiger partial charge in [0.2, 0.25) is 0 Å². The second-order valence-corrected chi connectivity index (χ2v) is 5.31. The van der Waals surface area contributed by atoms with E-state index >= 15 is 0 Å². The Kier molecular flexibility index (Phi) is 3.99. The number of hydrogen-bond acceptors (Lipinski definition) is 5. The van der Waals surface area contributed by atoms with Crippen molar-refractivity contribution in [2.24, 2.45) is 0 Å². The van der Waals surface area contributed by atoms with Gasteiger partial charge in [-0.15, -0.1) is 0 Å². The SMILES string of the molecule is CNc1cnc(C(=O)NC2CCOC(C)(C)C2)cn1. The van der Waals surface area contributed by atoms with Gasteiger partial charge in [0, 0.05) is 19.7 Å². The van der Waals surface area contributed by atoms with Crippen LogP contribution in [0.5, 0.6) is 0 Å². The minimum atomic E-state index is -0.183. The van der Waals surface area contributed by atoms with E-state index in [2.05, 4.69) is 20.6 Å². The van der Waals surface area contributed by atoms with Gasteiger partial charge in [0.1, 0.15) is 11.5 Å². The smallest absolute Gasteiger partial charge is 0.271 e. The van der Waals surface area contributed by atoms with Crippen LogP contribution in [0.4, 0.5) is 5.82 Å². The molecule has 1 atom stereocenters. The van der Waals surface area contributed by atoms with E-state index in [1.807, 2.05) is 13.8 Å². The van der Waals surface area contributed by atoms with Crippen LogP contribution in [0.1, 0.15) is 37.2 Å². The van der Waals surface area contributed by atoms with Crippen LogP contribution in [0.15, 0.2) is 12.4 Å². The largest absolute Gasteiger partial charge is 0.375 e. The van der Waals surface area contributed by atoms with E-state index in [0.717, 1.165) is 12.8 Å². The van der Waals surface area contributed by atoms with Gasteiger partial charge in [-0.3, -0.25) is 4.79 Å². The lowest BCUT2D eigenvalue weighted by molar-refractivity contribution is -0.0615. The van der Waals surface area contributed by atoms with Crippen molar-refractivity contribution in [3.63, 3.8) is 0 Å². The van der Waals surface area contributed by atoms with Gasteiger partial charge in [-0.05, 0) is 26.7 Å². The van der Waals surface area contributed by atoms with Crippen molar-refractivity contribution >= 4 is 11.7 Å². The second kappa shape index (κ2) is 5.52. The van der Waals surface area contributed by atoms with Crippen LogP contribution >= 0.6 is 0 Å². The first-order chi connectivity index (χ1) is 9.00. The van der Waals surface area contributed by atoms with Crippen LogP contribution < -0.4 is 10.6 Å². The number of hydrogen-bond donors (Lipinski definition) is 2. The number of anilines is 1. The van der Waals surface area contributed by atoms with E-state index < -0.39 is 0 Å². The Morgan fingerprint density at radius 3 is 2.79 bits per heavy atom. The number of nitrogens with one attached hydrogen (secondary N) is 2. The zero-order valence-electron chi connectivity index (χ0n) is 11.6. The summed E-state index contributed by atoms with van der Waals surface area (Å²) in [5, 5.41) is 5.85. The first-order valence-electron chi connectivity index (χ1n) is 6.45. The normalized spacial score (nSPS) is 21.7. The van der Waals surface area contributed by atoms with E-state index in [1.54, 1.807) is 13.2 Å². The number of rotatable bonds is 3. The van der Waals surface area contributed by atoms with Crippen LogP contribution in [-0.4, -0.2) is 41.2 Å². The predicted octanol–water partition coefficient (Wildman–Crippen LogP) is 1.21. The van der Waals surface area contributed by atoms with Crippen molar-refractivity contribution < 1.29 is 9.53 Å². The minimum absolute atomic E-state index is 0.127. The number of ether oxygens (including phenoxy) is 1. The lowest BCUT2D eigenvalue weighted by Crippen LogP contribution is -2.46. The summed E-state index contributed by atoms with van der Waals surface area (Å²) in [7, 11) is 1.76. The summed E-state index contributed by atoms with van der Waals surface area (Å²) in [5.74, 6) is 0.460. The Morgan fingerprint density at radius 2 is 2.21 bits per heavy atom. The molecule has 2 rings (SSSR count). The molecule has 1 aromatic heterocycles. The van der Waals surface area contributed by atoms with Gasteiger partial charge < -0.3 is 15.4 Å². The van der Waals surface area contributed by atoms with Crippen LogP contribution in [-0.2, 0) is 4.74 Å². The molecule has 104 valence electrons. The summed E-state index contributed by atoms with van der Waals surface area (Å²) in [6.45, 7) is 4.74. The quantitative estimate of drug-likeness (QED) is 0.858. The van der Waals surface area contributed by atoms with Gasteiger partial charge >= 0.3 is 0 Å². The number of nitrogens with zero attached hydrogens (tertiary/aromatic N) is 2. The number of aromatic nitrogens is 2. The molecule has 0 spiro atoms. The van der Waals surface area contributed by atoms with Crippen LogP contribution in [0.2, 0.25) is 0 Å². The summed E-state index contributed by atoms with van der Waals surface area (Å²) >= 11 is 0. The van der Waals surface area contributed by atoms with Crippen LogP contribution in [0, 0.1) is 0 Å². The van der Waals surface area contributed by atoms with Gasteiger partial charge in [-0.1, -0.05) is 0 Å². The molecule has 19 heavy (non-hydrogen) atoms. The lowest BCUT2D eigenvalue weighted by atomic mass is 9.94. The standard InChI is InChI=1S/C13H20N4O2/c1-13(2)6-9(4-5-19-13)17-12(18)10-7-16-11(14-3)8-15-10/h7-9H,4-6H2,1-3H3,(H,14,16)(H,17,18). The molecule has 6 heteroatoms. The third-order valence-corrected chi connectivity index (χ3v) is 3.17. The fraction of sp³-hybridized carbons (Fsp3) is 0.615. The van der Waals surface area contributed by atoms with E-state index in [1.165, 1.54) is 6.20 Å². The molecule has 2 heterocycles. The highest BCUT2D eigenvalue weighted by molar-refractivity contribution is 5.92. The Bertz CT molecular complexity index is 444. The summed E-state index contributed by atoms with van der Waals surface area (Å²) in [4.78, 5) is 20.2. The molecule has 6 nitrogen and oxygen atoms in total. The van der Waals surface area contributed by atoms with Gasteiger partial charge in [0.25, 0.3) is 5.91 Å². The summed E-state index contributed by atoms with van der Waals surface area (Å²) < 4.78 is 5.63. The van der Waals surface area contributed by atoms with Crippen LogP contribution in [0.3, 0.4) is 0 Å². The molecule has 0 aliphatic carbocycles. The van der Waals surface area contributed by atoms with Gasteiger partial charge in [-0.25, -0.2) is 9.97 Å². The topological polar surface area (TPSA) is 76.1 Å². The average Bonchev–Trinajstić information content (AvgIpc) is 2.37. The number of carbonyl (C=O) groups is 1. The van der Waals surface area contributed by atoms with Gasteiger partial charge in [-0.2, -0.15) is 0 Å². The van der Waals surface area contributed by atoms with E-state index in [0.29, 0.717) is 18.1 Å². The van der Waals surface area contributed by atoms with Crippen molar-refractivity contribution in [1.82, 2.24) is 15.3 Å². The Balaban J connectivity index is 1.96. The number of carbonyl (C=O) groups excluding carboxylic acids is 1. The maximum atomic E-state index is 12.0. The van der Waals surface area contributed by atoms with E-state index in [-0.39, 0.29) is 17.6 Å². The third kappa shape index (κ3) is 3.64. The first kappa shape index (κ1) is 13.7. The zero-order chi connectivity index (χ0) is 13.9. The Labute approximate surface area is 113 Å². The first-order valence-corrected chi connectivity index (χ1v) is 6.45. The van der Waals surface area contributed by atoms with E-state index in [4.69, 9.17) is 4.74 Å². The van der Waals surface area contributed by atoms with E-state index in [9.17, 15) is 4.79 Å². The molecule has 0 aromatic carbocycles. The molecule has 0 saturated carbocycles.